The minimum atomic E-state index is -0.681. The molecule has 1 aromatic heterocycles. The molecule has 0 radical (unpaired) electrons. The highest BCUT2D eigenvalue weighted by Gasteiger charge is 2.25. The number of hydrogen-bond donors (Lipinski definition) is 1. The Bertz CT molecular complexity index is 1270. The van der Waals surface area contributed by atoms with Crippen LogP contribution in [0.3, 0.4) is 0 Å². The fourth-order valence-corrected chi connectivity index (χ4v) is 4.06. The van der Waals surface area contributed by atoms with Crippen molar-refractivity contribution in [2.24, 2.45) is 0 Å². The maximum atomic E-state index is 13.1. The number of nitrogens with one attached hydrogen (secondary N) is 1. The van der Waals surface area contributed by atoms with E-state index in [1.54, 1.807) is 0 Å². The van der Waals surface area contributed by atoms with E-state index >= 15 is 0 Å². The number of pyridine rings is 1. The molecule has 4 rings (SSSR count). The highest BCUT2D eigenvalue weighted by Crippen LogP contribution is 2.31. The second-order valence-corrected chi connectivity index (χ2v) is 7.90. The van der Waals surface area contributed by atoms with Crippen molar-refractivity contribution in [3.05, 3.63) is 68.9 Å². The standard InChI is InChI=1S/C24H23N3O6/c1-14-7-9-19-17(11-14)23(16-5-3-4-6-18(16)25-19)24(29)33-13-22(28)26-20-10-8-15(32-2)12-21(20)27(30)31/h7-12H,3-6,13H2,1-2H3,(H,26,28). The third-order valence-corrected chi connectivity index (χ3v) is 5.63. The minimum absolute atomic E-state index is 0.00999. The number of aromatic nitrogens is 1. The van der Waals surface area contributed by atoms with Gasteiger partial charge < -0.3 is 14.8 Å². The minimum Gasteiger partial charge on any atom is -0.496 e. The van der Waals surface area contributed by atoms with Crippen LogP contribution in [0.15, 0.2) is 36.4 Å². The molecule has 1 aliphatic rings. The zero-order valence-corrected chi connectivity index (χ0v) is 18.3. The Balaban J connectivity index is 1.56. The molecule has 0 bridgehead atoms. The van der Waals surface area contributed by atoms with Crippen LogP contribution < -0.4 is 10.1 Å². The normalized spacial score (nSPS) is 12.7. The highest BCUT2D eigenvalue weighted by molar-refractivity contribution is 6.06. The Morgan fingerprint density at radius 1 is 1.15 bits per heavy atom. The van der Waals surface area contributed by atoms with E-state index in [4.69, 9.17) is 14.5 Å². The average molecular weight is 449 g/mol. The predicted octanol–water partition coefficient (Wildman–Crippen LogP) is 4.13. The number of ether oxygens (including phenoxy) is 2. The summed E-state index contributed by atoms with van der Waals surface area (Å²) in [6.07, 6.45) is 3.48. The van der Waals surface area contributed by atoms with Gasteiger partial charge in [-0.2, -0.15) is 0 Å². The second-order valence-electron chi connectivity index (χ2n) is 7.90. The lowest BCUT2D eigenvalue weighted by molar-refractivity contribution is -0.384. The molecule has 170 valence electrons. The molecular formula is C24H23N3O6. The zero-order valence-electron chi connectivity index (χ0n) is 18.3. The van der Waals surface area contributed by atoms with Crippen molar-refractivity contribution >= 4 is 34.2 Å². The molecule has 3 aromatic rings. The maximum absolute atomic E-state index is 13.1. The van der Waals surface area contributed by atoms with Gasteiger partial charge in [0.1, 0.15) is 11.4 Å². The molecule has 0 unspecified atom stereocenters. The van der Waals surface area contributed by atoms with E-state index < -0.39 is 23.4 Å². The quantitative estimate of drug-likeness (QED) is 0.341. The number of carbonyl (C=O) groups excluding carboxylic acids is 2. The summed E-state index contributed by atoms with van der Waals surface area (Å²) in [7, 11) is 1.39. The first-order valence-electron chi connectivity index (χ1n) is 10.6. The van der Waals surface area contributed by atoms with Crippen molar-refractivity contribution in [2.45, 2.75) is 32.6 Å². The lowest BCUT2D eigenvalue weighted by Gasteiger charge is -2.20. The van der Waals surface area contributed by atoms with E-state index in [-0.39, 0.29) is 17.1 Å². The monoisotopic (exact) mass is 449 g/mol. The SMILES string of the molecule is COc1ccc(NC(=O)COC(=O)c2c3c(nc4ccc(C)cc24)CCCC3)c([N+](=O)[O-])c1. The molecule has 1 heterocycles. The van der Waals surface area contributed by atoms with Gasteiger partial charge in [0.25, 0.3) is 11.6 Å². The number of nitro groups is 1. The van der Waals surface area contributed by atoms with Crippen LogP contribution in [0.4, 0.5) is 11.4 Å². The highest BCUT2D eigenvalue weighted by atomic mass is 16.6. The van der Waals surface area contributed by atoms with Gasteiger partial charge in [0.05, 0.1) is 29.2 Å². The van der Waals surface area contributed by atoms with Gasteiger partial charge in [0.15, 0.2) is 6.61 Å². The number of hydrogen-bond acceptors (Lipinski definition) is 7. The van der Waals surface area contributed by atoms with E-state index in [9.17, 15) is 19.7 Å². The molecular weight excluding hydrogens is 426 g/mol. The molecule has 33 heavy (non-hydrogen) atoms. The zero-order chi connectivity index (χ0) is 23.5. The summed E-state index contributed by atoms with van der Waals surface area (Å²) >= 11 is 0. The Kier molecular flexibility index (Phi) is 6.21. The van der Waals surface area contributed by atoms with Crippen LogP contribution >= 0.6 is 0 Å². The Hall–Kier alpha value is -4.01. The fraction of sp³-hybridized carbons (Fsp3) is 0.292. The van der Waals surface area contributed by atoms with Gasteiger partial charge in [-0.3, -0.25) is 19.9 Å². The number of esters is 1. The molecule has 0 saturated heterocycles. The number of benzene rings is 2. The third-order valence-electron chi connectivity index (χ3n) is 5.63. The summed E-state index contributed by atoms with van der Waals surface area (Å²) in [5.41, 5.74) is 3.58. The second kappa shape index (κ2) is 9.23. The molecule has 1 aliphatic carbocycles. The number of fused-ring (bicyclic) bond motifs is 2. The first kappa shape index (κ1) is 22.2. The number of aryl methyl sites for hydroxylation is 2. The van der Waals surface area contributed by atoms with E-state index in [0.29, 0.717) is 16.5 Å². The van der Waals surface area contributed by atoms with Crippen molar-refractivity contribution in [3.8, 4) is 5.75 Å². The van der Waals surface area contributed by atoms with Crippen molar-refractivity contribution in [1.82, 2.24) is 4.98 Å². The number of carbonyl (C=O) groups is 2. The number of rotatable bonds is 6. The molecule has 2 aromatic carbocycles. The Morgan fingerprint density at radius 2 is 1.94 bits per heavy atom. The number of methoxy groups -OCH3 is 1. The molecule has 0 saturated carbocycles. The van der Waals surface area contributed by atoms with Crippen LogP contribution in [0.25, 0.3) is 10.9 Å². The summed E-state index contributed by atoms with van der Waals surface area (Å²) in [5.74, 6) is -0.999. The third kappa shape index (κ3) is 4.62. The first-order chi connectivity index (χ1) is 15.9. The van der Waals surface area contributed by atoms with Gasteiger partial charge in [-0.25, -0.2) is 4.79 Å². The molecule has 9 nitrogen and oxygen atoms in total. The number of nitro benzene ring substituents is 1. The lowest BCUT2D eigenvalue weighted by Crippen LogP contribution is -2.23. The number of amides is 1. The topological polar surface area (TPSA) is 121 Å². The molecule has 1 amide bonds. The van der Waals surface area contributed by atoms with Gasteiger partial charge >= 0.3 is 5.97 Å². The van der Waals surface area contributed by atoms with Gasteiger partial charge in [0, 0.05) is 11.1 Å². The van der Waals surface area contributed by atoms with Crippen LogP contribution in [-0.4, -0.2) is 35.5 Å². The van der Waals surface area contributed by atoms with Gasteiger partial charge in [0.2, 0.25) is 0 Å². The molecule has 0 fully saturated rings. The van der Waals surface area contributed by atoms with Gasteiger partial charge in [-0.15, -0.1) is 0 Å². The largest absolute Gasteiger partial charge is 0.496 e. The summed E-state index contributed by atoms with van der Waals surface area (Å²) in [5, 5.41) is 14.5. The fourth-order valence-electron chi connectivity index (χ4n) is 4.06. The van der Waals surface area contributed by atoms with E-state index in [0.717, 1.165) is 42.5 Å². The van der Waals surface area contributed by atoms with Crippen LogP contribution in [0.2, 0.25) is 0 Å². The van der Waals surface area contributed by atoms with Crippen LogP contribution in [0.5, 0.6) is 5.75 Å². The lowest BCUT2D eigenvalue weighted by atomic mass is 9.89. The molecule has 0 aliphatic heterocycles. The Morgan fingerprint density at radius 3 is 2.70 bits per heavy atom. The summed E-state index contributed by atoms with van der Waals surface area (Å²) in [6.45, 7) is 1.36. The average Bonchev–Trinajstić information content (AvgIpc) is 2.81. The van der Waals surface area contributed by atoms with Crippen molar-refractivity contribution in [1.29, 1.82) is 0 Å². The smallest absolute Gasteiger partial charge is 0.339 e. The van der Waals surface area contributed by atoms with Gasteiger partial charge in [-0.05, 0) is 62.4 Å². The van der Waals surface area contributed by atoms with Crippen LogP contribution in [0, 0.1) is 17.0 Å². The predicted molar refractivity (Wildman–Crippen MR) is 122 cm³/mol. The van der Waals surface area contributed by atoms with E-state index in [1.165, 1.54) is 25.3 Å². The van der Waals surface area contributed by atoms with Crippen LogP contribution in [-0.2, 0) is 22.4 Å². The number of anilines is 1. The summed E-state index contributed by atoms with van der Waals surface area (Å²) in [6, 6.07) is 9.78. The molecule has 1 N–H and O–H groups in total. The molecule has 0 spiro atoms. The summed E-state index contributed by atoms with van der Waals surface area (Å²) < 4.78 is 10.3. The summed E-state index contributed by atoms with van der Waals surface area (Å²) in [4.78, 5) is 41.0. The first-order valence-corrected chi connectivity index (χ1v) is 10.6. The van der Waals surface area contributed by atoms with E-state index in [2.05, 4.69) is 5.32 Å². The molecule has 9 heteroatoms. The van der Waals surface area contributed by atoms with Crippen molar-refractivity contribution < 1.29 is 24.0 Å². The maximum Gasteiger partial charge on any atom is 0.339 e. The molecule has 0 atom stereocenters. The van der Waals surface area contributed by atoms with Gasteiger partial charge in [-0.1, -0.05) is 11.6 Å². The van der Waals surface area contributed by atoms with E-state index in [1.807, 2.05) is 25.1 Å². The number of nitrogens with zero attached hydrogens (tertiary/aromatic N) is 2. The van der Waals surface area contributed by atoms with Crippen molar-refractivity contribution in [2.75, 3.05) is 19.0 Å². The van der Waals surface area contributed by atoms with Crippen molar-refractivity contribution in [3.63, 3.8) is 0 Å². The Labute approximate surface area is 189 Å². The van der Waals surface area contributed by atoms with Crippen LogP contribution in [0.1, 0.15) is 40.0 Å².